The normalized spacial score (nSPS) is 20.1. The van der Waals surface area contributed by atoms with Gasteiger partial charge in [0.25, 0.3) is 0 Å². The largest absolute Gasteiger partial charge is 0.485 e. The Labute approximate surface area is 122 Å². The molecule has 1 aliphatic carbocycles. The Hall–Kier alpha value is -2.49. The molecule has 4 rings (SSSR count). The second kappa shape index (κ2) is 4.81. The van der Waals surface area contributed by atoms with E-state index in [1.54, 1.807) is 12.4 Å². The van der Waals surface area contributed by atoms with Crippen LogP contribution in [0.1, 0.15) is 24.8 Å². The topological polar surface area (TPSA) is 52.1 Å². The fourth-order valence-corrected chi connectivity index (χ4v) is 2.94. The van der Waals surface area contributed by atoms with Crippen LogP contribution in [0.5, 0.6) is 5.75 Å². The van der Waals surface area contributed by atoms with E-state index in [1.165, 1.54) is 6.33 Å². The number of aromatic nitrogens is 2. The third kappa shape index (κ3) is 2.13. The van der Waals surface area contributed by atoms with Gasteiger partial charge in [0.15, 0.2) is 5.78 Å². The van der Waals surface area contributed by atoms with Crippen molar-refractivity contribution in [3.63, 3.8) is 0 Å². The first kappa shape index (κ1) is 12.3. The molecule has 1 aromatic carbocycles. The molecule has 1 saturated carbocycles. The molecule has 21 heavy (non-hydrogen) atoms. The number of hydrogen-bond acceptors (Lipinski definition) is 4. The molecule has 1 fully saturated rings. The maximum atomic E-state index is 12.0. The van der Waals surface area contributed by atoms with Gasteiger partial charge in [-0.05, 0) is 36.6 Å². The molecule has 104 valence electrons. The molecule has 1 aromatic heterocycles. The standard InChI is InChI=1S/C17H14N2O2/c20-15-2-1-3-17-14(15)7-12-6-11(4-5-16(12)21-17)13-8-18-10-19-9-13/h4-10,17H,1-3H2. The lowest BCUT2D eigenvalue weighted by atomic mass is 9.87. The molecule has 0 bridgehead atoms. The highest BCUT2D eigenvalue weighted by Gasteiger charge is 2.30. The first-order valence-corrected chi connectivity index (χ1v) is 7.12. The number of hydrogen-bond donors (Lipinski definition) is 0. The highest BCUT2D eigenvalue weighted by atomic mass is 16.5. The molecule has 2 aliphatic rings. The van der Waals surface area contributed by atoms with E-state index in [-0.39, 0.29) is 11.9 Å². The number of rotatable bonds is 1. The van der Waals surface area contributed by atoms with Crippen LogP contribution in [0.15, 0.2) is 42.5 Å². The second-order valence-corrected chi connectivity index (χ2v) is 5.40. The third-order valence-corrected chi connectivity index (χ3v) is 4.02. The zero-order chi connectivity index (χ0) is 14.2. The lowest BCUT2D eigenvalue weighted by Crippen LogP contribution is -2.31. The van der Waals surface area contributed by atoms with E-state index in [4.69, 9.17) is 4.74 Å². The Morgan fingerprint density at radius 3 is 2.86 bits per heavy atom. The number of carbonyl (C=O) groups excluding carboxylic acids is 1. The third-order valence-electron chi connectivity index (χ3n) is 4.02. The van der Waals surface area contributed by atoms with Crippen molar-refractivity contribution in [2.24, 2.45) is 0 Å². The second-order valence-electron chi connectivity index (χ2n) is 5.40. The summed E-state index contributed by atoms with van der Waals surface area (Å²) >= 11 is 0. The van der Waals surface area contributed by atoms with Crippen LogP contribution in [0, 0.1) is 0 Å². The Morgan fingerprint density at radius 2 is 2.00 bits per heavy atom. The molecule has 0 saturated heterocycles. The summed E-state index contributed by atoms with van der Waals surface area (Å²) in [6.07, 6.45) is 9.45. The van der Waals surface area contributed by atoms with Crippen molar-refractivity contribution in [1.82, 2.24) is 9.97 Å². The summed E-state index contributed by atoms with van der Waals surface area (Å²) in [5.74, 6) is 1.06. The number of benzene rings is 1. The number of carbonyl (C=O) groups is 1. The van der Waals surface area contributed by atoms with E-state index < -0.39 is 0 Å². The molecule has 1 aliphatic heterocycles. The molecule has 1 unspecified atom stereocenters. The number of Topliss-reactive ketones (excluding diaryl/α,β-unsaturated/α-hetero) is 1. The van der Waals surface area contributed by atoms with Gasteiger partial charge in [-0.25, -0.2) is 9.97 Å². The van der Waals surface area contributed by atoms with Gasteiger partial charge in [0.2, 0.25) is 0 Å². The lowest BCUT2D eigenvalue weighted by Gasteiger charge is -2.30. The fraction of sp³-hybridized carbons (Fsp3) is 0.235. The van der Waals surface area contributed by atoms with Crippen LogP contribution >= 0.6 is 0 Å². The SMILES string of the molecule is O=C1CCCC2Oc3ccc(-c4cncnc4)cc3C=C12. The average molecular weight is 278 g/mol. The number of fused-ring (bicyclic) bond motifs is 2. The summed E-state index contributed by atoms with van der Waals surface area (Å²) in [5.41, 5.74) is 3.75. The van der Waals surface area contributed by atoms with Crippen LogP contribution in [0.3, 0.4) is 0 Å². The van der Waals surface area contributed by atoms with Gasteiger partial charge in [0.05, 0.1) is 0 Å². The Morgan fingerprint density at radius 1 is 1.14 bits per heavy atom. The van der Waals surface area contributed by atoms with Crippen molar-refractivity contribution < 1.29 is 9.53 Å². The quantitative estimate of drug-likeness (QED) is 0.804. The van der Waals surface area contributed by atoms with Crippen molar-refractivity contribution in [2.45, 2.75) is 25.4 Å². The number of nitrogens with zero attached hydrogens (tertiary/aromatic N) is 2. The predicted molar refractivity (Wildman–Crippen MR) is 78.7 cm³/mol. The minimum absolute atomic E-state index is 0.0651. The van der Waals surface area contributed by atoms with Crippen LogP contribution < -0.4 is 4.74 Å². The maximum absolute atomic E-state index is 12.0. The van der Waals surface area contributed by atoms with Gasteiger partial charge in [0.1, 0.15) is 18.2 Å². The van der Waals surface area contributed by atoms with E-state index in [2.05, 4.69) is 9.97 Å². The molecule has 1 atom stereocenters. The van der Waals surface area contributed by atoms with Gasteiger partial charge in [-0.3, -0.25) is 4.79 Å². The Balaban J connectivity index is 1.78. The minimum Gasteiger partial charge on any atom is -0.485 e. The summed E-state index contributed by atoms with van der Waals surface area (Å²) < 4.78 is 5.98. The average Bonchev–Trinajstić information content (AvgIpc) is 2.54. The van der Waals surface area contributed by atoms with E-state index in [9.17, 15) is 4.79 Å². The smallest absolute Gasteiger partial charge is 0.162 e. The van der Waals surface area contributed by atoms with Gasteiger partial charge in [-0.2, -0.15) is 0 Å². The molecule has 2 heterocycles. The van der Waals surface area contributed by atoms with Crippen molar-refractivity contribution in [1.29, 1.82) is 0 Å². The summed E-state index contributed by atoms with van der Waals surface area (Å²) in [5, 5.41) is 0. The fourth-order valence-electron chi connectivity index (χ4n) is 2.94. The first-order chi connectivity index (χ1) is 10.3. The molecule has 4 nitrogen and oxygen atoms in total. The molecule has 2 aromatic rings. The summed E-state index contributed by atoms with van der Waals surface area (Å²) in [6.45, 7) is 0. The Kier molecular flexibility index (Phi) is 2.81. The molecular formula is C17H14N2O2. The van der Waals surface area contributed by atoms with Crippen molar-refractivity contribution in [3.8, 4) is 16.9 Å². The van der Waals surface area contributed by atoms with Crippen molar-refractivity contribution in [2.75, 3.05) is 0 Å². The van der Waals surface area contributed by atoms with Gasteiger partial charge in [0, 0.05) is 35.5 Å². The summed E-state index contributed by atoms with van der Waals surface area (Å²) in [7, 11) is 0. The van der Waals surface area contributed by atoms with Gasteiger partial charge in [-0.1, -0.05) is 6.07 Å². The molecule has 0 radical (unpaired) electrons. The monoisotopic (exact) mass is 278 g/mol. The van der Waals surface area contributed by atoms with Crippen LogP contribution in [0.4, 0.5) is 0 Å². The molecular weight excluding hydrogens is 264 g/mol. The lowest BCUT2D eigenvalue weighted by molar-refractivity contribution is -0.117. The highest BCUT2D eigenvalue weighted by Crippen LogP contribution is 2.36. The number of ketones is 1. The molecule has 4 heteroatoms. The minimum atomic E-state index is -0.0651. The number of ether oxygens (including phenoxy) is 1. The van der Waals surface area contributed by atoms with Crippen LogP contribution in [0.25, 0.3) is 17.2 Å². The van der Waals surface area contributed by atoms with E-state index in [0.717, 1.165) is 40.9 Å². The molecule has 0 amide bonds. The van der Waals surface area contributed by atoms with Gasteiger partial charge in [-0.15, -0.1) is 0 Å². The maximum Gasteiger partial charge on any atom is 0.162 e. The first-order valence-electron chi connectivity index (χ1n) is 7.12. The highest BCUT2D eigenvalue weighted by molar-refractivity contribution is 6.02. The van der Waals surface area contributed by atoms with Crippen LogP contribution in [0.2, 0.25) is 0 Å². The zero-order valence-corrected chi connectivity index (χ0v) is 11.5. The van der Waals surface area contributed by atoms with Crippen LogP contribution in [-0.2, 0) is 4.79 Å². The van der Waals surface area contributed by atoms with E-state index in [1.807, 2.05) is 24.3 Å². The van der Waals surface area contributed by atoms with E-state index >= 15 is 0 Å². The van der Waals surface area contributed by atoms with Gasteiger partial charge < -0.3 is 4.74 Å². The predicted octanol–water partition coefficient (Wildman–Crippen LogP) is 3.04. The molecule has 0 spiro atoms. The zero-order valence-electron chi connectivity index (χ0n) is 11.5. The Bertz CT molecular complexity index is 738. The van der Waals surface area contributed by atoms with Gasteiger partial charge >= 0.3 is 0 Å². The van der Waals surface area contributed by atoms with Crippen molar-refractivity contribution in [3.05, 3.63) is 48.1 Å². The van der Waals surface area contributed by atoms with E-state index in [0.29, 0.717) is 6.42 Å². The van der Waals surface area contributed by atoms with Crippen molar-refractivity contribution >= 4 is 11.9 Å². The summed E-state index contributed by atoms with van der Waals surface area (Å²) in [6, 6.07) is 5.99. The van der Waals surface area contributed by atoms with Crippen LogP contribution in [-0.4, -0.2) is 21.9 Å². The summed E-state index contributed by atoms with van der Waals surface area (Å²) in [4.78, 5) is 20.1. The molecule has 0 N–H and O–H groups in total.